The summed E-state index contributed by atoms with van der Waals surface area (Å²) in [6.45, 7) is 5.03. The van der Waals surface area contributed by atoms with Crippen LogP contribution in [0.3, 0.4) is 0 Å². The highest BCUT2D eigenvalue weighted by atomic mass is 16.6. The SMILES string of the molecule is O=C(NCCCN1CCOCC1)c1ccc(COc2ccc([N+](=O)[O-])cc2)o1. The average molecular weight is 389 g/mol. The van der Waals surface area contributed by atoms with Crippen molar-refractivity contribution in [1.82, 2.24) is 10.2 Å². The molecule has 1 aromatic carbocycles. The topological polar surface area (TPSA) is 107 Å². The highest BCUT2D eigenvalue weighted by molar-refractivity contribution is 5.91. The minimum absolute atomic E-state index is 0.00192. The molecule has 1 N–H and O–H groups in total. The van der Waals surface area contributed by atoms with Crippen molar-refractivity contribution in [1.29, 1.82) is 0 Å². The number of rotatable bonds is 9. The Hall–Kier alpha value is -2.91. The predicted molar refractivity (Wildman–Crippen MR) is 100 cm³/mol. The van der Waals surface area contributed by atoms with Crippen LogP contribution in [0.4, 0.5) is 5.69 Å². The number of ether oxygens (including phenoxy) is 2. The number of furan rings is 1. The van der Waals surface area contributed by atoms with Crippen molar-refractivity contribution in [3.63, 3.8) is 0 Å². The van der Waals surface area contributed by atoms with Gasteiger partial charge in [-0.25, -0.2) is 0 Å². The third kappa shape index (κ3) is 5.80. The Bertz CT molecular complexity index is 783. The maximum absolute atomic E-state index is 12.1. The molecule has 1 aliphatic heterocycles. The summed E-state index contributed by atoms with van der Waals surface area (Å²) >= 11 is 0. The zero-order chi connectivity index (χ0) is 19.8. The molecule has 0 atom stereocenters. The minimum Gasteiger partial charge on any atom is -0.486 e. The molecule has 2 aromatic rings. The molecule has 9 heteroatoms. The van der Waals surface area contributed by atoms with E-state index < -0.39 is 4.92 Å². The summed E-state index contributed by atoms with van der Waals surface area (Å²) in [5, 5.41) is 13.5. The molecule has 2 heterocycles. The Morgan fingerprint density at radius 3 is 2.64 bits per heavy atom. The van der Waals surface area contributed by atoms with E-state index in [0.717, 1.165) is 39.3 Å². The zero-order valence-electron chi connectivity index (χ0n) is 15.5. The predicted octanol–water partition coefficient (Wildman–Crippen LogP) is 2.22. The van der Waals surface area contributed by atoms with Gasteiger partial charge in [-0.15, -0.1) is 0 Å². The quantitative estimate of drug-likeness (QED) is 0.398. The second kappa shape index (κ2) is 9.86. The van der Waals surface area contributed by atoms with Gasteiger partial charge in [0, 0.05) is 31.8 Å². The normalized spacial score (nSPS) is 14.6. The van der Waals surface area contributed by atoms with Crippen LogP contribution in [0.1, 0.15) is 22.7 Å². The number of amides is 1. The number of nitro groups is 1. The molecular weight excluding hydrogens is 366 g/mol. The summed E-state index contributed by atoms with van der Waals surface area (Å²) in [5.74, 6) is 0.949. The smallest absolute Gasteiger partial charge is 0.286 e. The van der Waals surface area contributed by atoms with E-state index in [-0.39, 0.29) is 24.0 Å². The van der Waals surface area contributed by atoms with Gasteiger partial charge in [-0.05, 0) is 37.2 Å². The summed E-state index contributed by atoms with van der Waals surface area (Å²) in [7, 11) is 0. The third-order valence-corrected chi connectivity index (χ3v) is 4.35. The molecule has 0 aliphatic carbocycles. The molecule has 28 heavy (non-hydrogen) atoms. The number of nitrogens with zero attached hydrogens (tertiary/aromatic N) is 2. The van der Waals surface area contributed by atoms with Crippen LogP contribution >= 0.6 is 0 Å². The van der Waals surface area contributed by atoms with Crippen LogP contribution < -0.4 is 10.1 Å². The summed E-state index contributed by atoms with van der Waals surface area (Å²) < 4.78 is 16.3. The molecule has 1 aliphatic rings. The van der Waals surface area contributed by atoms with E-state index in [9.17, 15) is 14.9 Å². The third-order valence-electron chi connectivity index (χ3n) is 4.35. The monoisotopic (exact) mass is 389 g/mol. The van der Waals surface area contributed by atoms with Crippen molar-refractivity contribution in [2.75, 3.05) is 39.4 Å². The number of carbonyl (C=O) groups excluding carboxylic acids is 1. The van der Waals surface area contributed by atoms with Crippen LogP contribution in [0.5, 0.6) is 5.75 Å². The second-order valence-electron chi connectivity index (χ2n) is 6.37. The fourth-order valence-corrected chi connectivity index (χ4v) is 2.81. The van der Waals surface area contributed by atoms with Gasteiger partial charge in [0.15, 0.2) is 5.76 Å². The molecule has 1 saturated heterocycles. The van der Waals surface area contributed by atoms with Crippen molar-refractivity contribution >= 4 is 11.6 Å². The lowest BCUT2D eigenvalue weighted by atomic mass is 10.3. The Balaban J connectivity index is 1.39. The van der Waals surface area contributed by atoms with Crippen LogP contribution in [-0.2, 0) is 11.3 Å². The maximum atomic E-state index is 12.1. The van der Waals surface area contributed by atoms with Gasteiger partial charge in [-0.1, -0.05) is 0 Å². The van der Waals surface area contributed by atoms with Crippen LogP contribution in [0.2, 0.25) is 0 Å². The van der Waals surface area contributed by atoms with Crippen LogP contribution in [0.25, 0.3) is 0 Å². The lowest BCUT2D eigenvalue weighted by Gasteiger charge is -2.26. The number of non-ortho nitro benzene ring substituents is 1. The first-order valence-electron chi connectivity index (χ1n) is 9.16. The molecule has 0 saturated carbocycles. The van der Waals surface area contributed by atoms with Gasteiger partial charge >= 0.3 is 0 Å². The Kier molecular flexibility index (Phi) is 6.99. The number of nitro benzene ring substituents is 1. The number of morpholine rings is 1. The Morgan fingerprint density at radius 2 is 1.93 bits per heavy atom. The number of nitrogens with one attached hydrogen (secondary N) is 1. The van der Waals surface area contributed by atoms with E-state index in [0.29, 0.717) is 18.1 Å². The first-order valence-corrected chi connectivity index (χ1v) is 9.16. The van der Waals surface area contributed by atoms with Gasteiger partial charge in [-0.3, -0.25) is 19.8 Å². The number of carbonyl (C=O) groups is 1. The van der Waals surface area contributed by atoms with Crippen LogP contribution in [-0.4, -0.2) is 55.1 Å². The summed E-state index contributed by atoms with van der Waals surface area (Å²) in [6, 6.07) is 9.05. The molecule has 1 aromatic heterocycles. The van der Waals surface area contributed by atoms with E-state index in [4.69, 9.17) is 13.9 Å². The highest BCUT2D eigenvalue weighted by Crippen LogP contribution is 2.19. The van der Waals surface area contributed by atoms with E-state index in [1.54, 1.807) is 12.1 Å². The average Bonchev–Trinajstić information content (AvgIpc) is 3.20. The van der Waals surface area contributed by atoms with Gasteiger partial charge in [0.25, 0.3) is 11.6 Å². The summed E-state index contributed by atoms with van der Waals surface area (Å²) in [5.41, 5.74) is -0.00192. The van der Waals surface area contributed by atoms with Gasteiger partial charge in [0.1, 0.15) is 18.1 Å². The number of benzene rings is 1. The molecule has 3 rings (SSSR count). The van der Waals surface area contributed by atoms with Gasteiger partial charge in [0.2, 0.25) is 0 Å². The standard InChI is InChI=1S/C19H23N3O6/c23-19(20-8-1-9-21-10-12-26-13-11-21)18-7-6-17(28-18)14-27-16-4-2-15(3-5-16)22(24)25/h2-7H,1,8-14H2,(H,20,23). The van der Waals surface area contributed by atoms with Gasteiger partial charge in [0.05, 0.1) is 18.1 Å². The second-order valence-corrected chi connectivity index (χ2v) is 6.37. The van der Waals surface area contributed by atoms with Crippen molar-refractivity contribution in [2.45, 2.75) is 13.0 Å². The Labute approximate surface area is 162 Å². The largest absolute Gasteiger partial charge is 0.486 e. The highest BCUT2D eigenvalue weighted by Gasteiger charge is 2.13. The van der Waals surface area contributed by atoms with Crippen molar-refractivity contribution in [2.24, 2.45) is 0 Å². The molecule has 0 bridgehead atoms. The molecule has 9 nitrogen and oxygen atoms in total. The zero-order valence-corrected chi connectivity index (χ0v) is 15.5. The molecule has 0 unspecified atom stereocenters. The molecule has 1 amide bonds. The minimum atomic E-state index is -0.470. The van der Waals surface area contributed by atoms with Crippen molar-refractivity contribution in [3.8, 4) is 5.75 Å². The number of hydrogen-bond acceptors (Lipinski definition) is 7. The molecule has 0 radical (unpaired) electrons. The maximum Gasteiger partial charge on any atom is 0.286 e. The first kappa shape index (κ1) is 19.8. The summed E-state index contributed by atoms with van der Waals surface area (Å²) in [6.07, 6.45) is 0.864. The fourth-order valence-electron chi connectivity index (χ4n) is 2.81. The Morgan fingerprint density at radius 1 is 1.18 bits per heavy atom. The van der Waals surface area contributed by atoms with Crippen LogP contribution in [0.15, 0.2) is 40.8 Å². The lowest BCUT2D eigenvalue weighted by molar-refractivity contribution is -0.384. The fraction of sp³-hybridized carbons (Fsp3) is 0.421. The van der Waals surface area contributed by atoms with Gasteiger partial charge < -0.3 is 19.2 Å². The van der Waals surface area contributed by atoms with Crippen molar-refractivity contribution in [3.05, 3.63) is 58.0 Å². The molecule has 1 fully saturated rings. The van der Waals surface area contributed by atoms with E-state index in [1.165, 1.54) is 24.3 Å². The van der Waals surface area contributed by atoms with E-state index >= 15 is 0 Å². The van der Waals surface area contributed by atoms with Crippen LogP contribution in [0, 0.1) is 10.1 Å². The summed E-state index contributed by atoms with van der Waals surface area (Å²) in [4.78, 5) is 24.6. The van der Waals surface area contributed by atoms with Gasteiger partial charge in [-0.2, -0.15) is 0 Å². The number of hydrogen-bond donors (Lipinski definition) is 1. The van der Waals surface area contributed by atoms with E-state index in [2.05, 4.69) is 10.2 Å². The molecule has 150 valence electrons. The van der Waals surface area contributed by atoms with Crippen molar-refractivity contribution < 1.29 is 23.6 Å². The molecule has 0 spiro atoms. The van der Waals surface area contributed by atoms with E-state index in [1.807, 2.05) is 0 Å². The first-order chi connectivity index (χ1) is 13.6. The lowest BCUT2D eigenvalue weighted by Crippen LogP contribution is -2.38. The molecular formula is C19H23N3O6.